The molecular weight excluding hydrogens is 557 g/mol. The van der Waals surface area contributed by atoms with E-state index in [-0.39, 0.29) is 29.0 Å². The molecule has 0 spiro atoms. The number of benzene rings is 3. The number of halogens is 2. The molecule has 0 aromatic heterocycles. The van der Waals surface area contributed by atoms with Crippen molar-refractivity contribution in [1.29, 1.82) is 0 Å². The van der Waals surface area contributed by atoms with Gasteiger partial charge in [0.25, 0.3) is 10.0 Å². The van der Waals surface area contributed by atoms with Crippen LogP contribution in [-0.4, -0.2) is 44.3 Å². The maximum absolute atomic E-state index is 13.9. The summed E-state index contributed by atoms with van der Waals surface area (Å²) in [4.78, 5) is 28.4. The third-order valence-electron chi connectivity index (χ3n) is 6.17. The zero-order chi connectivity index (χ0) is 28.7. The van der Waals surface area contributed by atoms with Gasteiger partial charge in [0.05, 0.1) is 10.6 Å². The van der Waals surface area contributed by atoms with E-state index in [1.165, 1.54) is 23.1 Å². The number of hydrogen-bond acceptors (Lipinski definition) is 4. The Bertz CT molecular complexity index is 1400. The molecule has 0 saturated carbocycles. The monoisotopic (exact) mass is 589 g/mol. The summed E-state index contributed by atoms with van der Waals surface area (Å²) >= 11 is 12.3. The molecule has 208 valence electrons. The second kappa shape index (κ2) is 13.3. The number of rotatable bonds is 11. The molecule has 3 aromatic rings. The van der Waals surface area contributed by atoms with Crippen LogP contribution in [0, 0.1) is 12.8 Å². The van der Waals surface area contributed by atoms with Gasteiger partial charge in [-0.3, -0.25) is 13.9 Å². The first-order chi connectivity index (χ1) is 18.4. The van der Waals surface area contributed by atoms with Gasteiger partial charge in [0, 0.05) is 23.1 Å². The fourth-order valence-electron chi connectivity index (χ4n) is 3.91. The number of carbonyl (C=O) groups is 2. The van der Waals surface area contributed by atoms with Gasteiger partial charge in [-0.1, -0.05) is 73.4 Å². The predicted octanol–water partition coefficient (Wildman–Crippen LogP) is 5.69. The van der Waals surface area contributed by atoms with Gasteiger partial charge >= 0.3 is 0 Å². The van der Waals surface area contributed by atoms with E-state index in [1.54, 1.807) is 68.4 Å². The molecule has 2 amide bonds. The molecule has 0 aliphatic carbocycles. The van der Waals surface area contributed by atoms with Crippen LogP contribution in [0.3, 0.4) is 0 Å². The normalized spacial score (nSPS) is 12.2. The first-order valence-electron chi connectivity index (χ1n) is 12.6. The van der Waals surface area contributed by atoms with E-state index in [9.17, 15) is 18.0 Å². The average Bonchev–Trinajstić information content (AvgIpc) is 2.91. The van der Waals surface area contributed by atoms with E-state index in [0.29, 0.717) is 22.2 Å². The third-order valence-corrected chi connectivity index (χ3v) is 8.43. The van der Waals surface area contributed by atoms with Crippen molar-refractivity contribution in [2.45, 2.75) is 45.2 Å². The van der Waals surface area contributed by atoms with E-state index >= 15 is 0 Å². The first kappa shape index (κ1) is 30.5. The Labute approximate surface area is 240 Å². The lowest BCUT2D eigenvalue weighted by atomic mass is 10.1. The van der Waals surface area contributed by atoms with Crippen molar-refractivity contribution in [2.75, 3.05) is 17.4 Å². The zero-order valence-corrected chi connectivity index (χ0v) is 24.7. The lowest BCUT2D eigenvalue weighted by Crippen LogP contribution is -2.51. The maximum Gasteiger partial charge on any atom is 0.264 e. The Morgan fingerprint density at radius 1 is 0.897 bits per heavy atom. The Hall–Kier alpha value is -3.07. The molecule has 3 aromatic carbocycles. The Morgan fingerprint density at radius 2 is 1.51 bits per heavy atom. The van der Waals surface area contributed by atoms with E-state index in [1.807, 2.05) is 13.8 Å². The average molecular weight is 591 g/mol. The molecule has 0 saturated heterocycles. The molecule has 0 heterocycles. The summed E-state index contributed by atoms with van der Waals surface area (Å²) in [6.45, 7) is 7.32. The highest BCUT2D eigenvalue weighted by Gasteiger charge is 2.33. The van der Waals surface area contributed by atoms with Crippen molar-refractivity contribution in [1.82, 2.24) is 10.2 Å². The number of hydrogen-bond donors (Lipinski definition) is 1. The number of carbonyl (C=O) groups excluding carboxylic acids is 2. The quantitative estimate of drug-likeness (QED) is 0.311. The van der Waals surface area contributed by atoms with Crippen LogP contribution in [0.2, 0.25) is 10.0 Å². The molecule has 3 rings (SSSR count). The highest BCUT2D eigenvalue weighted by Crippen LogP contribution is 2.30. The number of nitrogens with zero attached hydrogens (tertiary/aromatic N) is 2. The van der Waals surface area contributed by atoms with Crippen LogP contribution in [0.4, 0.5) is 5.69 Å². The van der Waals surface area contributed by atoms with Gasteiger partial charge in [-0.25, -0.2) is 8.42 Å². The fourth-order valence-corrected chi connectivity index (χ4v) is 5.69. The van der Waals surface area contributed by atoms with Crippen molar-refractivity contribution in [2.24, 2.45) is 5.92 Å². The highest BCUT2D eigenvalue weighted by molar-refractivity contribution is 7.92. The molecular formula is C29H33Cl2N3O4S. The molecule has 0 aliphatic rings. The number of aryl methyl sites for hydroxylation is 1. The van der Waals surface area contributed by atoms with Gasteiger partial charge in [-0.2, -0.15) is 0 Å². The summed E-state index contributed by atoms with van der Waals surface area (Å²) in [6.07, 6.45) is 0. The minimum atomic E-state index is -4.16. The molecule has 10 heteroatoms. The van der Waals surface area contributed by atoms with Gasteiger partial charge in [0.15, 0.2) is 0 Å². The minimum absolute atomic E-state index is 0.0316. The summed E-state index contributed by atoms with van der Waals surface area (Å²) in [7, 11) is -4.16. The van der Waals surface area contributed by atoms with Crippen molar-refractivity contribution in [3.63, 3.8) is 0 Å². The van der Waals surface area contributed by atoms with E-state index in [2.05, 4.69) is 5.32 Å². The van der Waals surface area contributed by atoms with Crippen LogP contribution in [0.15, 0.2) is 77.7 Å². The number of nitrogens with one attached hydrogen (secondary N) is 1. The largest absolute Gasteiger partial charge is 0.354 e. The summed E-state index contributed by atoms with van der Waals surface area (Å²) in [5.41, 5.74) is 1.65. The topological polar surface area (TPSA) is 86.8 Å². The van der Waals surface area contributed by atoms with E-state index < -0.39 is 28.5 Å². The Morgan fingerprint density at radius 3 is 2.13 bits per heavy atom. The van der Waals surface area contributed by atoms with Crippen molar-refractivity contribution >= 4 is 50.7 Å². The maximum atomic E-state index is 13.9. The van der Waals surface area contributed by atoms with Crippen molar-refractivity contribution < 1.29 is 18.0 Å². The molecule has 0 fully saturated rings. The molecule has 0 aliphatic heterocycles. The Balaban J connectivity index is 2.03. The molecule has 39 heavy (non-hydrogen) atoms. The molecule has 7 nitrogen and oxygen atoms in total. The van der Waals surface area contributed by atoms with Crippen molar-refractivity contribution in [3.05, 3.63) is 94.0 Å². The lowest BCUT2D eigenvalue weighted by Gasteiger charge is -2.32. The highest BCUT2D eigenvalue weighted by atomic mass is 35.5. The third kappa shape index (κ3) is 7.97. The summed E-state index contributed by atoms with van der Waals surface area (Å²) in [5, 5.41) is 3.73. The van der Waals surface area contributed by atoms with Crippen LogP contribution >= 0.6 is 23.2 Å². The second-order valence-electron chi connectivity index (χ2n) is 9.72. The molecule has 0 bridgehead atoms. The summed E-state index contributed by atoms with van der Waals surface area (Å²) < 4.78 is 28.8. The minimum Gasteiger partial charge on any atom is -0.354 e. The molecule has 1 atom stereocenters. The molecule has 0 unspecified atom stereocenters. The van der Waals surface area contributed by atoms with Crippen LogP contribution in [0.5, 0.6) is 0 Å². The van der Waals surface area contributed by atoms with Gasteiger partial charge in [0.2, 0.25) is 11.8 Å². The zero-order valence-electron chi connectivity index (χ0n) is 22.4. The van der Waals surface area contributed by atoms with Gasteiger partial charge in [-0.05, 0) is 67.3 Å². The lowest BCUT2D eigenvalue weighted by molar-refractivity contribution is -0.139. The van der Waals surface area contributed by atoms with Crippen LogP contribution in [-0.2, 0) is 26.2 Å². The number of sulfonamides is 1. The summed E-state index contributed by atoms with van der Waals surface area (Å²) in [6, 6.07) is 18.8. The standard InChI is InChI=1S/C29H33Cl2N3O4S/c1-20(2)17-32-29(36)22(4)33(18-23-11-14-24(30)15-12-23)28(35)19-34(27-16-25(31)13-10-21(27)3)39(37,38)26-8-6-5-7-9-26/h5-16,20,22H,17-19H2,1-4H3,(H,32,36)/t22-/m1/s1. The van der Waals surface area contributed by atoms with E-state index in [0.717, 1.165) is 9.87 Å². The van der Waals surface area contributed by atoms with Gasteiger partial charge in [0.1, 0.15) is 12.6 Å². The second-order valence-corrected chi connectivity index (χ2v) is 12.5. The predicted molar refractivity (Wildman–Crippen MR) is 156 cm³/mol. The SMILES string of the molecule is Cc1ccc(Cl)cc1N(CC(=O)N(Cc1ccc(Cl)cc1)[C@H](C)C(=O)NCC(C)C)S(=O)(=O)c1ccccc1. The Kier molecular flexibility index (Phi) is 10.4. The fraction of sp³-hybridized carbons (Fsp3) is 0.310. The summed E-state index contributed by atoms with van der Waals surface area (Å²) in [5.74, 6) is -0.655. The number of anilines is 1. The van der Waals surface area contributed by atoms with Crippen LogP contribution in [0.1, 0.15) is 31.9 Å². The molecule has 1 N–H and O–H groups in total. The first-order valence-corrected chi connectivity index (χ1v) is 14.7. The van der Waals surface area contributed by atoms with Gasteiger partial charge in [-0.15, -0.1) is 0 Å². The smallest absolute Gasteiger partial charge is 0.264 e. The van der Waals surface area contributed by atoms with Crippen LogP contribution < -0.4 is 9.62 Å². The van der Waals surface area contributed by atoms with Crippen LogP contribution in [0.25, 0.3) is 0 Å². The van der Waals surface area contributed by atoms with Crippen molar-refractivity contribution in [3.8, 4) is 0 Å². The number of amides is 2. The van der Waals surface area contributed by atoms with Gasteiger partial charge < -0.3 is 10.2 Å². The van der Waals surface area contributed by atoms with E-state index in [4.69, 9.17) is 23.2 Å². The molecule has 0 radical (unpaired) electrons.